The third kappa shape index (κ3) is 4.42. The monoisotopic (exact) mass is 331 g/mol. The third-order valence-corrected chi connectivity index (χ3v) is 3.23. The summed E-state index contributed by atoms with van der Waals surface area (Å²) in [6.45, 7) is -0.0707. The van der Waals surface area contributed by atoms with Crippen molar-refractivity contribution >= 4 is 11.9 Å². The number of carbonyl (C=O) groups excluding carboxylic acids is 1. The first kappa shape index (κ1) is 17.2. The number of nitrogens with zero attached hydrogens (tertiary/aromatic N) is 3. The maximum atomic E-state index is 12.3. The van der Waals surface area contributed by atoms with Gasteiger partial charge < -0.3 is 14.7 Å². The van der Waals surface area contributed by atoms with Crippen LogP contribution in [0, 0.1) is 0 Å². The van der Waals surface area contributed by atoms with E-state index in [-0.39, 0.29) is 17.2 Å². The summed E-state index contributed by atoms with van der Waals surface area (Å²) < 4.78 is 6.15. The van der Waals surface area contributed by atoms with Gasteiger partial charge in [-0.05, 0) is 23.8 Å². The first-order valence-corrected chi connectivity index (χ1v) is 7.10. The van der Waals surface area contributed by atoms with Gasteiger partial charge in [-0.15, -0.1) is 0 Å². The molecule has 0 spiro atoms. The zero-order valence-corrected chi connectivity index (χ0v) is 13.3. The smallest absolute Gasteiger partial charge is 0.341 e. The molecule has 2 rings (SSSR count). The average Bonchev–Trinajstić information content (AvgIpc) is 2.56. The Morgan fingerprint density at radius 1 is 1.21 bits per heavy atom. The predicted molar refractivity (Wildman–Crippen MR) is 84.8 cm³/mol. The molecule has 126 valence electrons. The number of rotatable bonds is 6. The first-order valence-electron chi connectivity index (χ1n) is 7.10. The van der Waals surface area contributed by atoms with Crippen molar-refractivity contribution in [2.24, 2.45) is 7.05 Å². The largest absolute Gasteiger partial charge is 0.482 e. The van der Waals surface area contributed by atoms with Crippen LogP contribution < -0.4 is 10.3 Å². The molecule has 1 amide bonds. The normalized spacial score (nSPS) is 10.2. The summed E-state index contributed by atoms with van der Waals surface area (Å²) in [5.74, 6) is -0.916. The highest BCUT2D eigenvalue weighted by Crippen LogP contribution is 2.14. The first-order chi connectivity index (χ1) is 11.4. The number of carboxylic acid groups (broad SMARTS) is 1. The minimum Gasteiger partial charge on any atom is -0.482 e. The zero-order chi connectivity index (χ0) is 17.7. The van der Waals surface area contributed by atoms with Gasteiger partial charge in [-0.1, -0.05) is 12.1 Å². The second kappa shape index (κ2) is 7.40. The van der Waals surface area contributed by atoms with Crippen LogP contribution in [0.15, 0.2) is 41.2 Å². The molecule has 1 aromatic carbocycles. The quantitative estimate of drug-likeness (QED) is 0.828. The highest BCUT2D eigenvalue weighted by atomic mass is 16.5. The Morgan fingerprint density at radius 3 is 2.46 bits per heavy atom. The SMILES string of the molecule is CN(Cc1ccc(OCC(=O)O)cc1)C(=O)c1ccc(=O)n(C)n1. The third-order valence-electron chi connectivity index (χ3n) is 3.23. The van der Waals surface area contributed by atoms with Crippen molar-refractivity contribution in [3.8, 4) is 5.75 Å². The Bertz CT molecular complexity index is 798. The predicted octanol–water partition coefficient (Wildman–Crippen LogP) is 0.516. The van der Waals surface area contributed by atoms with E-state index in [0.717, 1.165) is 10.2 Å². The average molecular weight is 331 g/mol. The number of ether oxygens (including phenoxy) is 1. The number of hydrogen-bond acceptors (Lipinski definition) is 5. The van der Waals surface area contributed by atoms with Crippen LogP contribution in [0.1, 0.15) is 16.1 Å². The van der Waals surface area contributed by atoms with Gasteiger partial charge in [0.25, 0.3) is 11.5 Å². The van der Waals surface area contributed by atoms with Crippen LogP contribution >= 0.6 is 0 Å². The molecular formula is C16H17N3O5. The van der Waals surface area contributed by atoms with Crippen molar-refractivity contribution in [2.45, 2.75) is 6.54 Å². The van der Waals surface area contributed by atoms with Crippen LogP contribution in [0.4, 0.5) is 0 Å². The number of aliphatic carboxylic acids is 1. The van der Waals surface area contributed by atoms with Gasteiger partial charge in [0, 0.05) is 26.7 Å². The van der Waals surface area contributed by atoms with E-state index in [1.54, 1.807) is 31.3 Å². The van der Waals surface area contributed by atoms with Crippen LogP contribution in [-0.2, 0) is 18.4 Å². The van der Waals surface area contributed by atoms with Crippen molar-refractivity contribution in [3.63, 3.8) is 0 Å². The maximum Gasteiger partial charge on any atom is 0.341 e. The second-order valence-electron chi connectivity index (χ2n) is 5.17. The molecule has 0 saturated heterocycles. The summed E-state index contributed by atoms with van der Waals surface area (Å²) in [5, 5.41) is 12.5. The summed E-state index contributed by atoms with van der Waals surface area (Å²) in [6.07, 6.45) is 0. The van der Waals surface area contributed by atoms with Crippen LogP contribution in [0.3, 0.4) is 0 Å². The molecule has 0 aliphatic rings. The van der Waals surface area contributed by atoms with E-state index in [1.807, 2.05) is 0 Å². The summed E-state index contributed by atoms with van der Waals surface area (Å²) in [4.78, 5) is 35.5. The molecule has 0 radical (unpaired) electrons. The van der Waals surface area contributed by atoms with Gasteiger partial charge >= 0.3 is 5.97 Å². The standard InChI is InChI=1S/C16H17N3O5/c1-18(16(23)13-7-8-14(20)19(2)17-13)9-11-3-5-12(6-4-11)24-10-15(21)22/h3-8H,9-10H2,1-2H3,(H,21,22). The molecule has 8 nitrogen and oxygen atoms in total. The van der Waals surface area contributed by atoms with E-state index in [2.05, 4.69) is 5.10 Å². The van der Waals surface area contributed by atoms with E-state index >= 15 is 0 Å². The molecule has 0 aliphatic heterocycles. The number of carbonyl (C=O) groups is 2. The fourth-order valence-electron chi connectivity index (χ4n) is 1.99. The fourth-order valence-corrected chi connectivity index (χ4v) is 1.99. The molecule has 0 atom stereocenters. The van der Waals surface area contributed by atoms with Crippen molar-refractivity contribution < 1.29 is 19.4 Å². The topological polar surface area (TPSA) is 102 Å². The number of carboxylic acids is 1. The Kier molecular flexibility index (Phi) is 5.31. The van der Waals surface area contributed by atoms with E-state index < -0.39 is 12.6 Å². The molecule has 0 saturated carbocycles. The molecule has 0 unspecified atom stereocenters. The number of amides is 1. The number of aryl methyl sites for hydroxylation is 1. The van der Waals surface area contributed by atoms with Gasteiger partial charge in [-0.25, -0.2) is 9.48 Å². The van der Waals surface area contributed by atoms with Crippen molar-refractivity contribution in [2.75, 3.05) is 13.7 Å². The van der Waals surface area contributed by atoms with Gasteiger partial charge in [-0.3, -0.25) is 9.59 Å². The summed E-state index contributed by atoms with van der Waals surface area (Å²) >= 11 is 0. The lowest BCUT2D eigenvalue weighted by molar-refractivity contribution is -0.139. The summed E-state index contributed by atoms with van der Waals surface area (Å²) in [7, 11) is 3.11. The Labute approximate surface area is 137 Å². The van der Waals surface area contributed by atoms with Gasteiger partial charge in [0.1, 0.15) is 11.4 Å². The molecule has 0 fully saturated rings. The van der Waals surface area contributed by atoms with Crippen LogP contribution in [0.2, 0.25) is 0 Å². The highest BCUT2D eigenvalue weighted by molar-refractivity contribution is 5.91. The van der Waals surface area contributed by atoms with Gasteiger partial charge in [-0.2, -0.15) is 5.10 Å². The lowest BCUT2D eigenvalue weighted by Crippen LogP contribution is -2.30. The molecular weight excluding hydrogens is 314 g/mol. The van der Waals surface area contributed by atoms with Crippen molar-refractivity contribution in [1.29, 1.82) is 0 Å². The molecule has 0 aliphatic carbocycles. The number of hydrogen-bond donors (Lipinski definition) is 1. The van der Waals surface area contributed by atoms with Gasteiger partial charge in [0.2, 0.25) is 0 Å². The lowest BCUT2D eigenvalue weighted by Gasteiger charge is -2.17. The Morgan fingerprint density at radius 2 is 1.88 bits per heavy atom. The highest BCUT2D eigenvalue weighted by Gasteiger charge is 2.14. The van der Waals surface area contributed by atoms with Crippen LogP contribution in [0.5, 0.6) is 5.75 Å². The zero-order valence-electron chi connectivity index (χ0n) is 13.3. The molecule has 24 heavy (non-hydrogen) atoms. The van der Waals surface area contributed by atoms with Crippen LogP contribution in [0.25, 0.3) is 0 Å². The van der Waals surface area contributed by atoms with Gasteiger partial charge in [0.15, 0.2) is 6.61 Å². The van der Waals surface area contributed by atoms with E-state index in [9.17, 15) is 14.4 Å². The van der Waals surface area contributed by atoms with Gasteiger partial charge in [0.05, 0.1) is 0 Å². The van der Waals surface area contributed by atoms with E-state index in [4.69, 9.17) is 9.84 Å². The molecule has 1 heterocycles. The molecule has 1 N–H and O–H groups in total. The number of benzene rings is 1. The van der Waals surface area contributed by atoms with Crippen molar-refractivity contribution in [3.05, 3.63) is 58.0 Å². The van der Waals surface area contributed by atoms with E-state index in [1.165, 1.54) is 24.1 Å². The van der Waals surface area contributed by atoms with Crippen molar-refractivity contribution in [1.82, 2.24) is 14.7 Å². The number of aromatic nitrogens is 2. The lowest BCUT2D eigenvalue weighted by atomic mass is 10.2. The van der Waals surface area contributed by atoms with Crippen LogP contribution in [-0.4, -0.2) is 45.3 Å². The molecule has 2 aromatic rings. The Hall–Kier alpha value is -3.16. The summed E-state index contributed by atoms with van der Waals surface area (Å²) in [5.41, 5.74) is 0.741. The molecule has 1 aromatic heterocycles. The minimum atomic E-state index is -1.05. The summed E-state index contributed by atoms with van der Waals surface area (Å²) in [6, 6.07) is 9.46. The fraction of sp³-hybridized carbons (Fsp3) is 0.250. The van der Waals surface area contributed by atoms with E-state index in [0.29, 0.717) is 12.3 Å². The molecule has 8 heteroatoms. The maximum absolute atomic E-state index is 12.3. The second-order valence-corrected chi connectivity index (χ2v) is 5.17. The minimum absolute atomic E-state index is 0.181. The Balaban J connectivity index is 2.01. The molecule has 0 bridgehead atoms.